The van der Waals surface area contributed by atoms with Crippen LogP contribution in [0.25, 0.3) is 10.9 Å². The predicted octanol–water partition coefficient (Wildman–Crippen LogP) is 2.58. The van der Waals surface area contributed by atoms with Gasteiger partial charge in [0.1, 0.15) is 0 Å². The van der Waals surface area contributed by atoms with Crippen LogP contribution in [0.3, 0.4) is 0 Å². The summed E-state index contributed by atoms with van der Waals surface area (Å²) >= 11 is 1.74. The van der Waals surface area contributed by atoms with Gasteiger partial charge in [0.25, 0.3) is 0 Å². The lowest BCUT2D eigenvalue weighted by atomic mass is 10.1. The molecule has 0 aliphatic heterocycles. The molecule has 2 N–H and O–H groups in total. The van der Waals surface area contributed by atoms with E-state index in [-0.39, 0.29) is 5.91 Å². The molecule has 96 valence electrons. The third kappa shape index (κ3) is 3.29. The van der Waals surface area contributed by atoms with Gasteiger partial charge in [-0.2, -0.15) is 11.8 Å². The van der Waals surface area contributed by atoms with Gasteiger partial charge in [0, 0.05) is 35.8 Å². The molecule has 0 bridgehead atoms. The van der Waals surface area contributed by atoms with Crippen LogP contribution in [0.1, 0.15) is 12.0 Å². The summed E-state index contributed by atoms with van der Waals surface area (Å²) in [4.78, 5) is 14.8. The Balaban J connectivity index is 1.88. The molecule has 1 heterocycles. The highest BCUT2D eigenvalue weighted by Gasteiger charge is 2.05. The maximum absolute atomic E-state index is 11.6. The number of nitrogens with one attached hydrogen (secondary N) is 2. The highest BCUT2D eigenvalue weighted by atomic mass is 32.2. The van der Waals surface area contributed by atoms with Crippen molar-refractivity contribution >= 4 is 28.6 Å². The quantitative estimate of drug-likeness (QED) is 0.786. The van der Waals surface area contributed by atoms with E-state index in [0.29, 0.717) is 6.42 Å². The second-order valence-corrected chi connectivity index (χ2v) is 5.19. The Morgan fingerprint density at radius 1 is 1.39 bits per heavy atom. The lowest BCUT2D eigenvalue weighted by Gasteiger charge is -2.03. The van der Waals surface area contributed by atoms with Gasteiger partial charge in [0.15, 0.2) is 0 Å². The van der Waals surface area contributed by atoms with Crippen molar-refractivity contribution in [1.82, 2.24) is 10.3 Å². The van der Waals surface area contributed by atoms with Gasteiger partial charge < -0.3 is 10.3 Å². The van der Waals surface area contributed by atoms with Gasteiger partial charge in [-0.1, -0.05) is 18.2 Å². The number of H-pyrrole nitrogens is 1. The lowest BCUT2D eigenvalue weighted by molar-refractivity contribution is -0.120. The van der Waals surface area contributed by atoms with Gasteiger partial charge in [0.05, 0.1) is 0 Å². The van der Waals surface area contributed by atoms with Crippen molar-refractivity contribution in [3.8, 4) is 0 Å². The average Bonchev–Trinajstić information content (AvgIpc) is 2.80. The fraction of sp³-hybridized carbons (Fsp3) is 0.357. The van der Waals surface area contributed by atoms with Crippen LogP contribution >= 0.6 is 11.8 Å². The van der Waals surface area contributed by atoms with Crippen molar-refractivity contribution in [3.05, 3.63) is 36.0 Å². The molecule has 0 aliphatic rings. The number of benzene rings is 1. The van der Waals surface area contributed by atoms with E-state index in [2.05, 4.69) is 22.4 Å². The third-order valence-corrected chi connectivity index (χ3v) is 3.54. The Bertz CT molecular complexity index is 521. The molecular weight excluding hydrogens is 244 g/mol. The molecule has 2 rings (SSSR count). The zero-order valence-corrected chi connectivity index (χ0v) is 11.3. The molecule has 0 fully saturated rings. The standard InChI is InChI=1S/C14H18N2OS/c1-18-9-8-15-14(17)7-6-11-10-16-13-5-3-2-4-12(11)13/h2-5,10,16H,6-9H2,1H3,(H,15,17). The Kier molecular flexibility index (Phi) is 4.70. The summed E-state index contributed by atoms with van der Waals surface area (Å²) in [6.07, 6.45) is 5.38. The van der Waals surface area contributed by atoms with Crippen LogP contribution in [-0.4, -0.2) is 29.4 Å². The molecule has 1 aromatic carbocycles. The largest absolute Gasteiger partial charge is 0.361 e. The Labute approximate surface area is 111 Å². The van der Waals surface area contributed by atoms with Crippen LogP contribution in [0.5, 0.6) is 0 Å². The molecule has 2 aromatic rings. The molecule has 0 spiro atoms. The molecule has 3 nitrogen and oxygen atoms in total. The lowest BCUT2D eigenvalue weighted by Crippen LogP contribution is -2.25. The van der Waals surface area contributed by atoms with E-state index >= 15 is 0 Å². The smallest absolute Gasteiger partial charge is 0.220 e. The van der Waals surface area contributed by atoms with E-state index < -0.39 is 0 Å². The van der Waals surface area contributed by atoms with Gasteiger partial charge in [-0.3, -0.25) is 4.79 Å². The summed E-state index contributed by atoms with van der Waals surface area (Å²) in [7, 11) is 0. The van der Waals surface area contributed by atoms with Crippen molar-refractivity contribution in [2.24, 2.45) is 0 Å². The van der Waals surface area contributed by atoms with Crippen LogP contribution in [-0.2, 0) is 11.2 Å². The highest BCUT2D eigenvalue weighted by Crippen LogP contribution is 2.18. The van der Waals surface area contributed by atoms with Gasteiger partial charge in [-0.25, -0.2) is 0 Å². The Morgan fingerprint density at radius 3 is 3.06 bits per heavy atom. The van der Waals surface area contributed by atoms with Crippen LogP contribution in [0, 0.1) is 0 Å². The Hall–Kier alpha value is -1.42. The maximum atomic E-state index is 11.6. The van der Waals surface area contributed by atoms with Crippen LogP contribution in [0.2, 0.25) is 0 Å². The zero-order chi connectivity index (χ0) is 12.8. The van der Waals surface area contributed by atoms with Crippen LogP contribution in [0.4, 0.5) is 0 Å². The summed E-state index contributed by atoms with van der Waals surface area (Å²) in [6.45, 7) is 0.758. The molecule has 0 radical (unpaired) electrons. The number of para-hydroxylation sites is 1. The average molecular weight is 262 g/mol. The van der Waals surface area contributed by atoms with Crippen molar-refractivity contribution in [2.45, 2.75) is 12.8 Å². The summed E-state index contributed by atoms with van der Waals surface area (Å²) < 4.78 is 0. The molecule has 1 aromatic heterocycles. The van der Waals surface area contributed by atoms with Crippen LogP contribution in [0.15, 0.2) is 30.5 Å². The van der Waals surface area contributed by atoms with Gasteiger partial charge in [-0.05, 0) is 24.3 Å². The van der Waals surface area contributed by atoms with E-state index in [1.54, 1.807) is 11.8 Å². The molecule has 4 heteroatoms. The number of hydrogen-bond acceptors (Lipinski definition) is 2. The van der Waals surface area contributed by atoms with Gasteiger partial charge in [0.2, 0.25) is 5.91 Å². The molecule has 0 atom stereocenters. The number of carbonyl (C=O) groups is 1. The fourth-order valence-electron chi connectivity index (χ4n) is 1.97. The fourth-order valence-corrected chi connectivity index (χ4v) is 2.27. The Morgan fingerprint density at radius 2 is 2.22 bits per heavy atom. The van der Waals surface area contributed by atoms with E-state index in [1.807, 2.05) is 24.6 Å². The first-order chi connectivity index (χ1) is 8.81. The number of thioether (sulfide) groups is 1. The number of amides is 1. The molecule has 0 unspecified atom stereocenters. The predicted molar refractivity (Wildman–Crippen MR) is 78.0 cm³/mol. The van der Waals surface area contributed by atoms with Crippen molar-refractivity contribution in [3.63, 3.8) is 0 Å². The number of aromatic nitrogens is 1. The highest BCUT2D eigenvalue weighted by molar-refractivity contribution is 7.98. The third-order valence-electron chi connectivity index (χ3n) is 2.92. The first-order valence-electron chi connectivity index (χ1n) is 6.12. The summed E-state index contributed by atoms with van der Waals surface area (Å²) in [5.41, 5.74) is 2.35. The summed E-state index contributed by atoms with van der Waals surface area (Å²) in [5.74, 6) is 1.10. The number of aromatic amines is 1. The minimum atomic E-state index is 0.134. The van der Waals surface area contributed by atoms with E-state index in [9.17, 15) is 4.79 Å². The van der Waals surface area contributed by atoms with E-state index in [1.165, 1.54) is 10.9 Å². The normalized spacial score (nSPS) is 10.7. The van der Waals surface area contributed by atoms with Crippen LogP contribution < -0.4 is 5.32 Å². The maximum Gasteiger partial charge on any atom is 0.220 e. The monoisotopic (exact) mass is 262 g/mol. The zero-order valence-electron chi connectivity index (χ0n) is 10.5. The second kappa shape index (κ2) is 6.50. The number of aryl methyl sites for hydroxylation is 1. The molecular formula is C14H18N2OS. The topological polar surface area (TPSA) is 44.9 Å². The minimum absolute atomic E-state index is 0.134. The second-order valence-electron chi connectivity index (χ2n) is 4.20. The molecule has 0 aliphatic carbocycles. The SMILES string of the molecule is CSCCNC(=O)CCc1c[nH]c2ccccc12. The number of carbonyl (C=O) groups excluding carboxylic acids is 1. The first-order valence-corrected chi connectivity index (χ1v) is 7.51. The van der Waals surface area contributed by atoms with E-state index in [0.717, 1.165) is 24.2 Å². The molecule has 1 amide bonds. The molecule has 0 saturated heterocycles. The number of hydrogen-bond donors (Lipinski definition) is 2. The molecule has 18 heavy (non-hydrogen) atoms. The van der Waals surface area contributed by atoms with E-state index in [4.69, 9.17) is 0 Å². The summed E-state index contributed by atoms with van der Waals surface area (Å²) in [5, 5.41) is 4.14. The number of fused-ring (bicyclic) bond motifs is 1. The number of rotatable bonds is 6. The minimum Gasteiger partial charge on any atom is -0.361 e. The molecule has 0 saturated carbocycles. The van der Waals surface area contributed by atoms with Gasteiger partial charge in [-0.15, -0.1) is 0 Å². The first kappa shape index (κ1) is 13.0. The van der Waals surface area contributed by atoms with Crippen molar-refractivity contribution < 1.29 is 4.79 Å². The van der Waals surface area contributed by atoms with Crippen molar-refractivity contribution in [2.75, 3.05) is 18.6 Å². The van der Waals surface area contributed by atoms with Crippen molar-refractivity contribution in [1.29, 1.82) is 0 Å². The summed E-state index contributed by atoms with van der Waals surface area (Å²) in [6, 6.07) is 8.18. The van der Waals surface area contributed by atoms with Gasteiger partial charge >= 0.3 is 0 Å².